The van der Waals surface area contributed by atoms with E-state index in [1.165, 1.54) is 16.7 Å². The fraction of sp³-hybridized carbons (Fsp3) is 0.625. The van der Waals surface area contributed by atoms with Crippen LogP contribution in [0.1, 0.15) is 50.4 Å². The first-order valence-electron chi connectivity index (χ1n) is 6.76. The highest BCUT2D eigenvalue weighted by Crippen LogP contribution is 2.38. The van der Waals surface area contributed by atoms with Gasteiger partial charge in [0.05, 0.1) is 7.11 Å². The van der Waals surface area contributed by atoms with Crippen LogP contribution in [0.25, 0.3) is 0 Å². The molecular formula is C16H25NO. The van der Waals surface area contributed by atoms with Crippen LogP contribution in [0.2, 0.25) is 0 Å². The van der Waals surface area contributed by atoms with E-state index in [0.717, 1.165) is 18.7 Å². The molecule has 0 aromatic heterocycles. The third-order valence-corrected chi connectivity index (χ3v) is 4.11. The Morgan fingerprint density at radius 2 is 1.94 bits per heavy atom. The second-order valence-corrected chi connectivity index (χ2v) is 6.41. The van der Waals surface area contributed by atoms with Crippen molar-refractivity contribution in [2.75, 3.05) is 20.7 Å². The fourth-order valence-electron chi connectivity index (χ4n) is 2.73. The molecule has 0 bridgehead atoms. The fourth-order valence-corrected chi connectivity index (χ4v) is 2.73. The van der Waals surface area contributed by atoms with Crippen LogP contribution in [0.5, 0.6) is 5.75 Å². The standard InChI is InChI=1S/C16H25NO/c1-11-13-10-14(16(2,3)4)15(18-6)9-12(13)7-8-17(11)5/h9-11H,7-8H2,1-6H3/t11-/m1/s1. The minimum Gasteiger partial charge on any atom is -0.496 e. The van der Waals surface area contributed by atoms with Gasteiger partial charge in [-0.05, 0) is 54.6 Å². The van der Waals surface area contributed by atoms with Crippen molar-refractivity contribution in [3.8, 4) is 5.75 Å². The minimum atomic E-state index is 0.121. The smallest absolute Gasteiger partial charge is 0.122 e. The summed E-state index contributed by atoms with van der Waals surface area (Å²) in [6, 6.07) is 5.11. The third-order valence-electron chi connectivity index (χ3n) is 4.11. The molecular weight excluding hydrogens is 222 g/mol. The summed E-state index contributed by atoms with van der Waals surface area (Å²) in [5.74, 6) is 1.04. The summed E-state index contributed by atoms with van der Waals surface area (Å²) in [4.78, 5) is 2.42. The van der Waals surface area contributed by atoms with E-state index in [1.807, 2.05) is 0 Å². The lowest BCUT2D eigenvalue weighted by Crippen LogP contribution is -2.31. The van der Waals surface area contributed by atoms with Crippen molar-refractivity contribution < 1.29 is 4.74 Å². The summed E-state index contributed by atoms with van der Waals surface area (Å²) in [5, 5.41) is 0. The van der Waals surface area contributed by atoms with Gasteiger partial charge in [0.2, 0.25) is 0 Å². The molecule has 2 heteroatoms. The lowest BCUT2D eigenvalue weighted by atomic mass is 9.82. The Morgan fingerprint density at radius 1 is 1.28 bits per heavy atom. The molecule has 0 unspecified atom stereocenters. The highest BCUT2D eigenvalue weighted by Gasteiger charge is 2.26. The van der Waals surface area contributed by atoms with Crippen LogP contribution >= 0.6 is 0 Å². The molecule has 2 nitrogen and oxygen atoms in total. The number of likely N-dealkylation sites (N-methyl/N-ethyl adjacent to an activating group) is 1. The van der Waals surface area contributed by atoms with Crippen LogP contribution in [0.3, 0.4) is 0 Å². The average molecular weight is 247 g/mol. The van der Waals surface area contributed by atoms with Gasteiger partial charge in [0.15, 0.2) is 0 Å². The maximum Gasteiger partial charge on any atom is 0.122 e. The van der Waals surface area contributed by atoms with E-state index in [1.54, 1.807) is 7.11 Å². The highest BCUT2D eigenvalue weighted by atomic mass is 16.5. The normalized spacial score (nSPS) is 20.7. The van der Waals surface area contributed by atoms with Crippen LogP contribution in [-0.4, -0.2) is 25.6 Å². The highest BCUT2D eigenvalue weighted by molar-refractivity contribution is 5.48. The summed E-state index contributed by atoms with van der Waals surface area (Å²) in [6.07, 6.45) is 1.12. The van der Waals surface area contributed by atoms with Gasteiger partial charge in [0.25, 0.3) is 0 Å². The summed E-state index contributed by atoms with van der Waals surface area (Å²) in [6.45, 7) is 10.2. The largest absolute Gasteiger partial charge is 0.496 e. The molecule has 1 aromatic rings. The number of fused-ring (bicyclic) bond motifs is 1. The molecule has 0 spiro atoms. The topological polar surface area (TPSA) is 12.5 Å². The first kappa shape index (κ1) is 13.4. The predicted octanol–water partition coefficient (Wildman–Crippen LogP) is 3.54. The van der Waals surface area contributed by atoms with Crippen molar-refractivity contribution in [3.05, 3.63) is 28.8 Å². The Labute approximate surface area is 111 Å². The maximum atomic E-state index is 5.59. The van der Waals surface area contributed by atoms with Crippen molar-refractivity contribution in [2.45, 2.75) is 45.6 Å². The van der Waals surface area contributed by atoms with Gasteiger partial charge in [-0.15, -0.1) is 0 Å². The van der Waals surface area contributed by atoms with Crippen LogP contribution in [0.4, 0.5) is 0 Å². The molecule has 0 radical (unpaired) electrons. The summed E-state index contributed by atoms with van der Waals surface area (Å²) < 4.78 is 5.59. The lowest BCUT2D eigenvalue weighted by Gasteiger charge is -2.34. The van der Waals surface area contributed by atoms with Gasteiger partial charge in [-0.25, -0.2) is 0 Å². The Balaban J connectivity index is 2.57. The molecule has 0 N–H and O–H groups in total. The maximum absolute atomic E-state index is 5.59. The van der Waals surface area contributed by atoms with Crippen LogP contribution in [0, 0.1) is 0 Å². The molecule has 100 valence electrons. The Bertz CT molecular complexity index is 445. The van der Waals surface area contributed by atoms with E-state index in [4.69, 9.17) is 4.74 Å². The number of nitrogens with zero attached hydrogens (tertiary/aromatic N) is 1. The Hall–Kier alpha value is -1.02. The SMILES string of the molecule is COc1cc2c(cc1C(C)(C)C)[C@@H](C)N(C)CC2. The second-order valence-electron chi connectivity index (χ2n) is 6.41. The molecule has 1 aliphatic rings. The average Bonchev–Trinajstić information content (AvgIpc) is 2.31. The summed E-state index contributed by atoms with van der Waals surface area (Å²) >= 11 is 0. The summed E-state index contributed by atoms with van der Waals surface area (Å²) in [5.41, 5.74) is 4.35. The predicted molar refractivity (Wildman–Crippen MR) is 76.4 cm³/mol. The zero-order chi connectivity index (χ0) is 13.5. The van der Waals surface area contributed by atoms with E-state index < -0.39 is 0 Å². The zero-order valence-corrected chi connectivity index (χ0v) is 12.5. The molecule has 0 aliphatic carbocycles. The first-order chi connectivity index (χ1) is 8.34. The van der Waals surface area contributed by atoms with Crippen molar-refractivity contribution >= 4 is 0 Å². The molecule has 18 heavy (non-hydrogen) atoms. The molecule has 0 fully saturated rings. The van der Waals surface area contributed by atoms with Crippen molar-refractivity contribution in [1.82, 2.24) is 4.90 Å². The molecule has 2 rings (SSSR count). The minimum absolute atomic E-state index is 0.121. The van der Waals surface area contributed by atoms with Crippen molar-refractivity contribution in [2.24, 2.45) is 0 Å². The number of hydrogen-bond acceptors (Lipinski definition) is 2. The number of benzene rings is 1. The van der Waals surface area contributed by atoms with Gasteiger partial charge < -0.3 is 4.74 Å². The Kier molecular flexibility index (Phi) is 3.41. The third kappa shape index (κ3) is 2.26. The van der Waals surface area contributed by atoms with Gasteiger partial charge >= 0.3 is 0 Å². The molecule has 0 saturated carbocycles. The van der Waals surface area contributed by atoms with E-state index in [2.05, 4.69) is 51.8 Å². The van der Waals surface area contributed by atoms with E-state index >= 15 is 0 Å². The van der Waals surface area contributed by atoms with Gasteiger partial charge in [0, 0.05) is 12.6 Å². The van der Waals surface area contributed by atoms with Crippen molar-refractivity contribution in [3.63, 3.8) is 0 Å². The number of ether oxygens (including phenoxy) is 1. The monoisotopic (exact) mass is 247 g/mol. The zero-order valence-electron chi connectivity index (χ0n) is 12.5. The molecule has 1 heterocycles. The van der Waals surface area contributed by atoms with E-state index in [9.17, 15) is 0 Å². The molecule has 1 atom stereocenters. The molecule has 1 aliphatic heterocycles. The summed E-state index contributed by atoms with van der Waals surface area (Å²) in [7, 11) is 3.98. The van der Waals surface area contributed by atoms with Crippen LogP contribution < -0.4 is 4.74 Å². The second kappa shape index (κ2) is 4.58. The molecule has 0 saturated heterocycles. The van der Waals surface area contributed by atoms with E-state index in [0.29, 0.717) is 6.04 Å². The molecule has 0 amide bonds. The lowest BCUT2D eigenvalue weighted by molar-refractivity contribution is 0.246. The van der Waals surface area contributed by atoms with Gasteiger partial charge in [-0.1, -0.05) is 20.8 Å². The van der Waals surface area contributed by atoms with Gasteiger partial charge in [0.1, 0.15) is 5.75 Å². The molecule has 1 aromatic carbocycles. The number of rotatable bonds is 1. The quantitative estimate of drug-likeness (QED) is 0.752. The Morgan fingerprint density at radius 3 is 2.50 bits per heavy atom. The number of methoxy groups -OCH3 is 1. The van der Waals surface area contributed by atoms with Crippen LogP contribution in [-0.2, 0) is 11.8 Å². The van der Waals surface area contributed by atoms with Gasteiger partial charge in [-0.2, -0.15) is 0 Å². The van der Waals surface area contributed by atoms with Crippen LogP contribution in [0.15, 0.2) is 12.1 Å². The van der Waals surface area contributed by atoms with Gasteiger partial charge in [-0.3, -0.25) is 4.90 Å². The number of hydrogen-bond donors (Lipinski definition) is 0. The van der Waals surface area contributed by atoms with Crippen molar-refractivity contribution in [1.29, 1.82) is 0 Å². The van der Waals surface area contributed by atoms with E-state index in [-0.39, 0.29) is 5.41 Å². The first-order valence-corrected chi connectivity index (χ1v) is 6.76.